The monoisotopic (exact) mass is 337 g/mol. The van der Waals surface area contributed by atoms with Crippen LogP contribution in [0, 0.1) is 0 Å². The van der Waals surface area contributed by atoms with Gasteiger partial charge >= 0.3 is 0 Å². The van der Waals surface area contributed by atoms with Crippen molar-refractivity contribution < 1.29 is 0 Å². The third-order valence-corrected chi connectivity index (χ3v) is 5.17. The summed E-state index contributed by atoms with van der Waals surface area (Å²) in [7, 11) is 2.04. The Morgan fingerprint density at radius 3 is 2.47 bits per heavy atom. The van der Waals surface area contributed by atoms with Crippen LogP contribution in [0.3, 0.4) is 0 Å². The average Bonchev–Trinajstić information content (AvgIpc) is 2.86. The van der Waals surface area contributed by atoms with Gasteiger partial charge in [0.1, 0.15) is 0 Å². The van der Waals surface area contributed by atoms with Crippen molar-refractivity contribution in [1.29, 1.82) is 0 Å². The largest absolute Gasteiger partial charge is 0.309 e. The summed E-state index contributed by atoms with van der Waals surface area (Å²) in [6, 6.07) is 11.5. The molecule has 2 rings (SSSR count). The number of nitrogens with one attached hydrogen (secondary N) is 1. The molecule has 0 bridgehead atoms. The van der Waals surface area contributed by atoms with Crippen molar-refractivity contribution in [1.82, 2.24) is 5.32 Å². The highest BCUT2D eigenvalue weighted by Gasteiger charge is 2.17. The van der Waals surface area contributed by atoms with Gasteiger partial charge in [-0.05, 0) is 64.6 Å². The van der Waals surface area contributed by atoms with E-state index in [4.69, 9.17) is 0 Å². The minimum absolute atomic E-state index is 0.290. The van der Waals surface area contributed by atoms with Gasteiger partial charge < -0.3 is 5.32 Å². The predicted molar refractivity (Wildman–Crippen MR) is 88.1 cm³/mol. The number of aryl methyl sites for hydroxylation is 2. The lowest BCUT2D eigenvalue weighted by molar-refractivity contribution is 0.694. The van der Waals surface area contributed by atoms with Crippen LogP contribution in [0.5, 0.6) is 0 Å². The van der Waals surface area contributed by atoms with Gasteiger partial charge in [-0.3, -0.25) is 0 Å². The van der Waals surface area contributed by atoms with Gasteiger partial charge in [0.25, 0.3) is 0 Å². The number of benzene rings is 1. The molecule has 0 aliphatic carbocycles. The minimum atomic E-state index is 0.290. The van der Waals surface area contributed by atoms with E-state index >= 15 is 0 Å². The molecule has 1 aromatic heterocycles. The summed E-state index contributed by atoms with van der Waals surface area (Å²) in [5.41, 5.74) is 4.25. The molecule has 2 aromatic rings. The van der Waals surface area contributed by atoms with Gasteiger partial charge in [-0.25, -0.2) is 0 Å². The van der Waals surface area contributed by atoms with Crippen LogP contribution in [-0.4, -0.2) is 7.05 Å². The van der Waals surface area contributed by atoms with Crippen LogP contribution in [-0.2, 0) is 12.8 Å². The maximum absolute atomic E-state index is 3.56. The maximum Gasteiger partial charge on any atom is 0.0702 e. The van der Waals surface area contributed by atoms with Crippen LogP contribution in [0.25, 0.3) is 0 Å². The average molecular weight is 338 g/mol. The van der Waals surface area contributed by atoms with Crippen molar-refractivity contribution >= 4 is 27.3 Å². The Morgan fingerprint density at radius 1 is 1.16 bits per heavy atom. The molecule has 3 heteroatoms. The molecule has 0 fully saturated rings. The first-order chi connectivity index (χ1) is 9.19. The molecule has 1 heterocycles. The molecule has 102 valence electrons. The van der Waals surface area contributed by atoms with Gasteiger partial charge in [0.2, 0.25) is 0 Å². The van der Waals surface area contributed by atoms with Crippen molar-refractivity contribution in [2.24, 2.45) is 0 Å². The summed E-state index contributed by atoms with van der Waals surface area (Å²) >= 11 is 5.36. The van der Waals surface area contributed by atoms with E-state index < -0.39 is 0 Å². The molecule has 0 amide bonds. The maximum atomic E-state index is 3.56. The van der Waals surface area contributed by atoms with Crippen LogP contribution in [0.15, 0.2) is 34.1 Å². The first kappa shape index (κ1) is 14.8. The highest BCUT2D eigenvalue weighted by Crippen LogP contribution is 2.33. The van der Waals surface area contributed by atoms with E-state index in [0.29, 0.717) is 0 Å². The fourth-order valence-corrected chi connectivity index (χ4v) is 3.94. The Bertz CT molecular complexity index is 547. The Morgan fingerprint density at radius 2 is 1.95 bits per heavy atom. The summed E-state index contributed by atoms with van der Waals surface area (Å²) < 4.78 is 1.19. The molecule has 0 aliphatic heterocycles. The lowest BCUT2D eigenvalue weighted by Gasteiger charge is -2.19. The summed E-state index contributed by atoms with van der Waals surface area (Å²) in [5, 5.41) is 3.46. The van der Waals surface area contributed by atoms with Crippen molar-refractivity contribution in [3.05, 3.63) is 55.7 Å². The van der Waals surface area contributed by atoms with Crippen LogP contribution >= 0.6 is 27.3 Å². The van der Waals surface area contributed by atoms with Crippen LogP contribution in [0.1, 0.15) is 41.5 Å². The molecule has 0 spiro atoms. The van der Waals surface area contributed by atoms with E-state index in [2.05, 4.69) is 65.4 Å². The Balaban J connectivity index is 2.47. The zero-order valence-corrected chi connectivity index (χ0v) is 14.1. The summed E-state index contributed by atoms with van der Waals surface area (Å²) in [6.45, 7) is 4.43. The van der Waals surface area contributed by atoms with Gasteiger partial charge in [-0.15, -0.1) is 11.3 Å². The van der Waals surface area contributed by atoms with Crippen molar-refractivity contribution in [2.75, 3.05) is 7.05 Å². The smallest absolute Gasteiger partial charge is 0.0702 e. The Labute approximate surface area is 128 Å². The zero-order chi connectivity index (χ0) is 13.8. The molecule has 0 saturated carbocycles. The SMILES string of the molecule is CCc1ccc(CC)c(C(NC)c2ccc(Br)s2)c1. The molecule has 0 aliphatic rings. The number of thiophene rings is 1. The summed E-state index contributed by atoms with van der Waals surface area (Å²) in [6.07, 6.45) is 2.16. The highest BCUT2D eigenvalue weighted by atomic mass is 79.9. The van der Waals surface area contributed by atoms with Gasteiger partial charge in [0, 0.05) is 4.88 Å². The van der Waals surface area contributed by atoms with Gasteiger partial charge in [0.05, 0.1) is 9.83 Å². The highest BCUT2D eigenvalue weighted by molar-refractivity contribution is 9.11. The van der Waals surface area contributed by atoms with Gasteiger partial charge in [0.15, 0.2) is 0 Å². The lowest BCUT2D eigenvalue weighted by atomic mass is 9.94. The second kappa shape index (κ2) is 6.69. The molecule has 1 aromatic carbocycles. The van der Waals surface area contributed by atoms with E-state index in [1.54, 1.807) is 11.3 Å². The fourth-order valence-electron chi connectivity index (χ4n) is 2.39. The molecular weight excluding hydrogens is 318 g/mol. The van der Waals surface area contributed by atoms with Crippen LogP contribution in [0.2, 0.25) is 0 Å². The topological polar surface area (TPSA) is 12.0 Å². The molecule has 0 saturated heterocycles. The summed E-state index contributed by atoms with van der Waals surface area (Å²) in [5.74, 6) is 0. The third-order valence-electron chi connectivity index (χ3n) is 3.48. The van der Waals surface area contributed by atoms with Gasteiger partial charge in [-0.2, -0.15) is 0 Å². The molecule has 1 unspecified atom stereocenters. The Hall–Kier alpha value is -0.640. The van der Waals surface area contributed by atoms with Crippen LogP contribution in [0.4, 0.5) is 0 Å². The van der Waals surface area contributed by atoms with Crippen molar-refractivity contribution in [3.63, 3.8) is 0 Å². The molecule has 1 atom stereocenters. The summed E-state index contributed by atoms with van der Waals surface area (Å²) in [4.78, 5) is 1.36. The fraction of sp³-hybridized carbons (Fsp3) is 0.375. The zero-order valence-electron chi connectivity index (χ0n) is 11.7. The van der Waals surface area contributed by atoms with E-state index in [1.165, 1.54) is 25.4 Å². The number of rotatable bonds is 5. The number of halogens is 1. The molecule has 0 radical (unpaired) electrons. The molecule has 19 heavy (non-hydrogen) atoms. The first-order valence-electron chi connectivity index (χ1n) is 6.73. The van der Waals surface area contributed by atoms with E-state index in [9.17, 15) is 0 Å². The standard InChI is InChI=1S/C16H20BrNS/c1-4-11-6-7-12(5-2)13(10-11)16(18-3)14-8-9-15(17)19-14/h6-10,16,18H,4-5H2,1-3H3. The lowest BCUT2D eigenvalue weighted by Crippen LogP contribution is -2.18. The number of hydrogen-bond acceptors (Lipinski definition) is 2. The normalized spacial score (nSPS) is 12.6. The Kier molecular flexibility index (Phi) is 5.20. The van der Waals surface area contributed by atoms with E-state index in [0.717, 1.165) is 12.8 Å². The van der Waals surface area contributed by atoms with Crippen molar-refractivity contribution in [2.45, 2.75) is 32.7 Å². The second-order valence-corrected chi connectivity index (χ2v) is 7.10. The predicted octanol–water partition coefficient (Wildman–Crippen LogP) is 4.94. The first-order valence-corrected chi connectivity index (χ1v) is 8.34. The third kappa shape index (κ3) is 3.28. The molecule has 1 N–H and O–H groups in total. The van der Waals surface area contributed by atoms with E-state index in [1.807, 2.05) is 7.05 Å². The molecular formula is C16H20BrNS. The second-order valence-electron chi connectivity index (χ2n) is 4.60. The van der Waals surface area contributed by atoms with Crippen LogP contribution < -0.4 is 5.32 Å². The quantitative estimate of drug-likeness (QED) is 0.814. The number of hydrogen-bond donors (Lipinski definition) is 1. The molecule has 1 nitrogen and oxygen atoms in total. The van der Waals surface area contributed by atoms with Crippen molar-refractivity contribution in [3.8, 4) is 0 Å². The van der Waals surface area contributed by atoms with E-state index in [-0.39, 0.29) is 6.04 Å². The minimum Gasteiger partial charge on any atom is -0.309 e. The van der Waals surface area contributed by atoms with Gasteiger partial charge in [-0.1, -0.05) is 32.0 Å².